The highest BCUT2D eigenvalue weighted by atomic mass is 35.5. The third kappa shape index (κ3) is 4.20. The maximum Gasteiger partial charge on any atom is 0.157 e. The molecule has 0 aliphatic carbocycles. The lowest BCUT2D eigenvalue weighted by Crippen LogP contribution is -2.09. The van der Waals surface area contributed by atoms with Crippen LogP contribution in [0.5, 0.6) is 0 Å². The van der Waals surface area contributed by atoms with Crippen molar-refractivity contribution in [2.75, 3.05) is 30.8 Å². The molecule has 1 aromatic rings. The van der Waals surface area contributed by atoms with Crippen molar-refractivity contribution in [3.8, 4) is 0 Å². The Labute approximate surface area is 100 Å². The zero-order chi connectivity index (χ0) is 11.8. The number of hydrogen-bond acceptors (Lipinski definition) is 5. The molecule has 0 spiro atoms. The molecular weight excluding hydrogens is 228 g/mol. The molecule has 5 nitrogen and oxygen atoms in total. The van der Waals surface area contributed by atoms with Gasteiger partial charge in [-0.3, -0.25) is 0 Å². The molecule has 0 fully saturated rings. The first-order chi connectivity index (χ1) is 7.75. The number of ether oxygens (including phenoxy) is 1. The molecule has 1 rings (SSSR count). The van der Waals surface area contributed by atoms with Crippen LogP contribution < -0.4 is 11.1 Å². The molecule has 0 unspecified atom stereocenters. The molecule has 16 heavy (non-hydrogen) atoms. The van der Waals surface area contributed by atoms with Gasteiger partial charge in [-0.25, -0.2) is 9.97 Å². The molecule has 0 aliphatic heterocycles. The van der Waals surface area contributed by atoms with E-state index in [4.69, 9.17) is 22.1 Å². The van der Waals surface area contributed by atoms with Gasteiger partial charge in [0.05, 0.1) is 0 Å². The van der Waals surface area contributed by atoms with Crippen LogP contribution in [0.3, 0.4) is 0 Å². The molecule has 0 atom stereocenters. The predicted molar refractivity (Wildman–Crippen MR) is 65.7 cm³/mol. The number of hydrogen-bond donors (Lipinski definition) is 2. The number of nitrogens with zero attached hydrogens (tertiary/aromatic N) is 2. The molecule has 0 saturated heterocycles. The van der Waals surface area contributed by atoms with Crippen LogP contribution in [-0.4, -0.2) is 29.7 Å². The van der Waals surface area contributed by atoms with Crippen LogP contribution in [0.15, 0.2) is 6.33 Å². The van der Waals surface area contributed by atoms with E-state index in [9.17, 15) is 0 Å². The van der Waals surface area contributed by atoms with E-state index in [1.54, 1.807) is 0 Å². The molecule has 1 aromatic heterocycles. The second-order valence-corrected chi connectivity index (χ2v) is 3.68. The van der Waals surface area contributed by atoms with Gasteiger partial charge in [-0.2, -0.15) is 0 Å². The standard InChI is InChI=1S/C10H17ClN4O/c1-2-5-16-6-3-4-13-10-8(12)9(11)14-7-15-10/h7H,2-6,12H2,1H3,(H,13,14,15). The summed E-state index contributed by atoms with van der Waals surface area (Å²) in [5, 5.41) is 3.37. The maximum atomic E-state index is 5.75. The fourth-order valence-electron chi connectivity index (χ4n) is 1.14. The third-order valence-electron chi connectivity index (χ3n) is 1.94. The van der Waals surface area contributed by atoms with Crippen LogP contribution >= 0.6 is 11.6 Å². The van der Waals surface area contributed by atoms with Crippen molar-refractivity contribution in [2.45, 2.75) is 19.8 Å². The SMILES string of the molecule is CCCOCCCNc1ncnc(Cl)c1N. The Balaban J connectivity index is 2.24. The molecule has 0 aliphatic rings. The van der Waals surface area contributed by atoms with Crippen molar-refractivity contribution in [2.24, 2.45) is 0 Å². The predicted octanol–water partition coefficient (Wildman–Crippen LogP) is 1.94. The molecule has 0 bridgehead atoms. The number of rotatable bonds is 7. The van der Waals surface area contributed by atoms with Gasteiger partial charge in [-0.1, -0.05) is 18.5 Å². The summed E-state index contributed by atoms with van der Waals surface area (Å²) in [6.45, 7) is 4.38. The highest BCUT2D eigenvalue weighted by Crippen LogP contribution is 2.21. The lowest BCUT2D eigenvalue weighted by atomic mass is 10.4. The lowest BCUT2D eigenvalue weighted by molar-refractivity contribution is 0.134. The molecule has 3 N–H and O–H groups in total. The second-order valence-electron chi connectivity index (χ2n) is 3.32. The Bertz CT molecular complexity index is 322. The zero-order valence-electron chi connectivity index (χ0n) is 9.37. The summed E-state index contributed by atoms with van der Waals surface area (Å²) in [7, 11) is 0. The van der Waals surface area contributed by atoms with Gasteiger partial charge in [-0.05, 0) is 12.8 Å². The largest absolute Gasteiger partial charge is 0.393 e. The molecular formula is C10H17ClN4O. The Morgan fingerprint density at radius 1 is 1.44 bits per heavy atom. The van der Waals surface area contributed by atoms with Crippen molar-refractivity contribution in [3.63, 3.8) is 0 Å². The molecule has 0 saturated carbocycles. The monoisotopic (exact) mass is 244 g/mol. The molecule has 0 radical (unpaired) electrons. The average molecular weight is 245 g/mol. The lowest BCUT2D eigenvalue weighted by Gasteiger charge is -2.08. The minimum atomic E-state index is 0.278. The Kier molecular flexibility index (Phi) is 5.88. The van der Waals surface area contributed by atoms with Crippen molar-refractivity contribution in [1.82, 2.24) is 9.97 Å². The van der Waals surface area contributed by atoms with Gasteiger partial charge in [0.15, 0.2) is 11.0 Å². The van der Waals surface area contributed by atoms with E-state index in [1.807, 2.05) is 0 Å². The van der Waals surface area contributed by atoms with Crippen LogP contribution in [0.4, 0.5) is 11.5 Å². The van der Waals surface area contributed by atoms with Crippen LogP contribution in [-0.2, 0) is 4.74 Å². The first-order valence-corrected chi connectivity index (χ1v) is 5.71. The summed E-state index contributed by atoms with van der Waals surface area (Å²) < 4.78 is 5.34. The van der Waals surface area contributed by atoms with Gasteiger partial charge < -0.3 is 15.8 Å². The van der Waals surface area contributed by atoms with E-state index in [2.05, 4.69) is 22.2 Å². The van der Waals surface area contributed by atoms with Gasteiger partial charge in [0, 0.05) is 19.8 Å². The molecule has 1 heterocycles. The van der Waals surface area contributed by atoms with E-state index < -0.39 is 0 Å². The van der Waals surface area contributed by atoms with Gasteiger partial charge >= 0.3 is 0 Å². The van der Waals surface area contributed by atoms with Crippen molar-refractivity contribution in [3.05, 3.63) is 11.5 Å². The van der Waals surface area contributed by atoms with Crippen LogP contribution in [0.1, 0.15) is 19.8 Å². The summed E-state index contributed by atoms with van der Waals surface area (Å²) >= 11 is 5.75. The van der Waals surface area contributed by atoms with Crippen molar-refractivity contribution >= 4 is 23.1 Å². The summed E-state index contributed by atoms with van der Waals surface area (Å²) in [5.41, 5.74) is 6.08. The van der Waals surface area contributed by atoms with Crippen LogP contribution in [0.25, 0.3) is 0 Å². The Morgan fingerprint density at radius 2 is 2.25 bits per heavy atom. The van der Waals surface area contributed by atoms with Gasteiger partial charge in [0.1, 0.15) is 12.0 Å². The molecule has 0 amide bonds. The quantitative estimate of drug-likeness (QED) is 0.567. The highest BCUT2D eigenvalue weighted by Gasteiger charge is 2.04. The molecule has 6 heteroatoms. The minimum absolute atomic E-state index is 0.278. The first kappa shape index (κ1) is 13.0. The number of anilines is 2. The Hall–Kier alpha value is -1.07. The fourth-order valence-corrected chi connectivity index (χ4v) is 1.28. The topological polar surface area (TPSA) is 73.1 Å². The smallest absolute Gasteiger partial charge is 0.157 e. The first-order valence-electron chi connectivity index (χ1n) is 5.33. The fraction of sp³-hybridized carbons (Fsp3) is 0.600. The number of aromatic nitrogens is 2. The van der Waals surface area contributed by atoms with Crippen molar-refractivity contribution in [1.29, 1.82) is 0 Å². The average Bonchev–Trinajstić information content (AvgIpc) is 2.29. The van der Waals surface area contributed by atoms with Crippen molar-refractivity contribution < 1.29 is 4.74 Å². The normalized spacial score (nSPS) is 10.4. The van der Waals surface area contributed by atoms with E-state index in [1.165, 1.54) is 6.33 Å². The minimum Gasteiger partial charge on any atom is -0.393 e. The number of nitrogens with one attached hydrogen (secondary N) is 1. The van der Waals surface area contributed by atoms with Crippen LogP contribution in [0, 0.1) is 0 Å². The molecule has 0 aromatic carbocycles. The number of nitrogens with two attached hydrogens (primary N) is 1. The van der Waals surface area contributed by atoms with E-state index in [-0.39, 0.29) is 5.15 Å². The summed E-state index contributed by atoms with van der Waals surface area (Å²) in [6, 6.07) is 0. The highest BCUT2D eigenvalue weighted by molar-refractivity contribution is 6.32. The third-order valence-corrected chi connectivity index (χ3v) is 2.24. The second kappa shape index (κ2) is 7.24. The number of nitrogen functional groups attached to an aromatic ring is 1. The Morgan fingerprint density at radius 3 is 3.00 bits per heavy atom. The van der Waals surface area contributed by atoms with E-state index in [0.29, 0.717) is 11.5 Å². The van der Waals surface area contributed by atoms with E-state index in [0.717, 1.165) is 32.6 Å². The summed E-state index contributed by atoms with van der Waals surface area (Å²) in [4.78, 5) is 7.77. The van der Waals surface area contributed by atoms with E-state index >= 15 is 0 Å². The zero-order valence-corrected chi connectivity index (χ0v) is 10.1. The summed E-state index contributed by atoms with van der Waals surface area (Å²) in [5.74, 6) is 0.579. The van der Waals surface area contributed by atoms with Gasteiger partial charge in [0.2, 0.25) is 0 Å². The van der Waals surface area contributed by atoms with Crippen LogP contribution in [0.2, 0.25) is 5.15 Å². The maximum absolute atomic E-state index is 5.75. The summed E-state index contributed by atoms with van der Waals surface area (Å²) in [6.07, 6.45) is 3.33. The molecule has 90 valence electrons. The van der Waals surface area contributed by atoms with Gasteiger partial charge in [0.25, 0.3) is 0 Å². The van der Waals surface area contributed by atoms with Gasteiger partial charge in [-0.15, -0.1) is 0 Å². The number of halogens is 1.